The fourth-order valence-electron chi connectivity index (χ4n) is 3.19. The molecule has 0 bridgehead atoms. The van der Waals surface area contributed by atoms with Crippen molar-refractivity contribution in [2.24, 2.45) is 0 Å². The number of nitrogens with zero attached hydrogens (tertiary/aromatic N) is 2. The molecular weight excluding hydrogens is 292 g/mol. The Morgan fingerprint density at radius 3 is 2.58 bits per heavy atom. The van der Waals surface area contributed by atoms with Crippen molar-refractivity contribution in [1.29, 1.82) is 0 Å². The minimum Gasteiger partial charge on any atom is -0.327 e. The van der Waals surface area contributed by atoms with Crippen molar-refractivity contribution in [3.8, 4) is 0 Å². The topological polar surface area (TPSA) is 17.8 Å². The van der Waals surface area contributed by atoms with Crippen LogP contribution in [0.15, 0.2) is 73.2 Å². The molecule has 0 N–H and O–H groups in total. The van der Waals surface area contributed by atoms with Crippen LogP contribution in [0.5, 0.6) is 0 Å². The van der Waals surface area contributed by atoms with Crippen LogP contribution in [0.3, 0.4) is 0 Å². The zero-order valence-electron chi connectivity index (χ0n) is 13.8. The van der Waals surface area contributed by atoms with Crippen LogP contribution in [0.4, 0.5) is 0 Å². The molecule has 2 nitrogen and oxygen atoms in total. The Balaban J connectivity index is 1.81. The Bertz CT molecular complexity index is 1020. The monoisotopic (exact) mass is 312 g/mol. The van der Waals surface area contributed by atoms with Crippen LogP contribution in [0, 0.1) is 0 Å². The van der Waals surface area contributed by atoms with Crippen molar-refractivity contribution in [1.82, 2.24) is 9.55 Å². The number of imidazole rings is 1. The maximum Gasteiger partial charge on any atom is 0.0953 e. The van der Waals surface area contributed by atoms with E-state index in [4.69, 9.17) is 0 Å². The van der Waals surface area contributed by atoms with Gasteiger partial charge in [0.15, 0.2) is 0 Å². The molecule has 0 saturated carbocycles. The van der Waals surface area contributed by atoms with Gasteiger partial charge in [0.05, 0.1) is 18.2 Å². The maximum atomic E-state index is 4.31. The molecule has 0 aliphatic heterocycles. The van der Waals surface area contributed by atoms with E-state index in [1.807, 2.05) is 12.5 Å². The first kappa shape index (κ1) is 14.7. The van der Waals surface area contributed by atoms with Crippen LogP contribution >= 0.6 is 0 Å². The fourth-order valence-corrected chi connectivity index (χ4v) is 3.19. The summed E-state index contributed by atoms with van der Waals surface area (Å²) in [6.45, 7) is 2.98. The predicted octanol–water partition coefficient (Wildman–Crippen LogP) is 5.66. The lowest BCUT2D eigenvalue weighted by Gasteiger charge is -2.10. The Hall–Kier alpha value is -2.87. The lowest BCUT2D eigenvalue weighted by atomic mass is 9.99. The van der Waals surface area contributed by atoms with Crippen molar-refractivity contribution in [2.45, 2.75) is 19.9 Å². The molecule has 0 saturated heterocycles. The number of fused-ring (bicyclic) bond motifs is 2. The quantitative estimate of drug-likeness (QED) is 0.444. The molecule has 0 fully saturated rings. The van der Waals surface area contributed by atoms with Crippen LogP contribution in [0.25, 0.3) is 27.6 Å². The van der Waals surface area contributed by atoms with Gasteiger partial charge >= 0.3 is 0 Å². The average molecular weight is 312 g/mol. The van der Waals surface area contributed by atoms with Crippen molar-refractivity contribution in [3.63, 3.8) is 0 Å². The minimum absolute atomic E-state index is 0.832. The van der Waals surface area contributed by atoms with E-state index in [0.717, 1.165) is 18.7 Å². The maximum absolute atomic E-state index is 4.31. The van der Waals surface area contributed by atoms with Gasteiger partial charge in [-0.05, 0) is 51.7 Å². The molecule has 0 aliphatic rings. The normalized spacial score (nSPS) is 11.7. The van der Waals surface area contributed by atoms with Crippen LogP contribution in [0.1, 0.15) is 24.6 Å². The van der Waals surface area contributed by atoms with Crippen LogP contribution in [-0.4, -0.2) is 9.55 Å². The summed E-state index contributed by atoms with van der Waals surface area (Å²) in [6.07, 6.45) is 9.19. The fraction of sp³-hybridized carbons (Fsp3) is 0.136. The Kier molecular flexibility index (Phi) is 3.87. The van der Waals surface area contributed by atoms with E-state index >= 15 is 0 Å². The molecule has 0 unspecified atom stereocenters. The molecule has 24 heavy (non-hydrogen) atoms. The summed E-state index contributed by atoms with van der Waals surface area (Å²) in [5.74, 6) is 0. The van der Waals surface area contributed by atoms with Gasteiger partial charge in [0.1, 0.15) is 0 Å². The first-order chi connectivity index (χ1) is 11.8. The lowest BCUT2D eigenvalue weighted by Crippen LogP contribution is -2.01. The van der Waals surface area contributed by atoms with Crippen LogP contribution in [0.2, 0.25) is 0 Å². The Labute approximate surface area is 142 Å². The van der Waals surface area contributed by atoms with E-state index in [0.29, 0.717) is 0 Å². The summed E-state index contributed by atoms with van der Waals surface area (Å²) in [5.41, 5.74) is 2.47. The van der Waals surface area contributed by atoms with Gasteiger partial charge in [-0.15, -0.1) is 0 Å². The molecule has 4 rings (SSSR count). The van der Waals surface area contributed by atoms with Gasteiger partial charge in [0, 0.05) is 6.54 Å². The highest BCUT2D eigenvalue weighted by molar-refractivity contribution is 5.99. The lowest BCUT2D eigenvalue weighted by molar-refractivity contribution is 0.794. The molecule has 1 heterocycles. The van der Waals surface area contributed by atoms with E-state index in [1.54, 1.807) is 0 Å². The van der Waals surface area contributed by atoms with Gasteiger partial charge in [-0.25, -0.2) is 4.98 Å². The minimum atomic E-state index is 0.832. The second kappa shape index (κ2) is 6.32. The molecule has 0 aliphatic carbocycles. The molecule has 0 spiro atoms. The summed E-state index contributed by atoms with van der Waals surface area (Å²) in [6, 6.07) is 19.7. The van der Waals surface area contributed by atoms with Gasteiger partial charge in [-0.1, -0.05) is 55.5 Å². The molecule has 1 aromatic heterocycles. The van der Waals surface area contributed by atoms with Gasteiger partial charge < -0.3 is 4.57 Å². The van der Waals surface area contributed by atoms with Gasteiger partial charge in [0.25, 0.3) is 0 Å². The Morgan fingerprint density at radius 1 is 0.958 bits per heavy atom. The zero-order valence-corrected chi connectivity index (χ0v) is 13.8. The highest BCUT2D eigenvalue weighted by Gasteiger charge is 2.06. The first-order valence-electron chi connectivity index (χ1n) is 8.42. The highest BCUT2D eigenvalue weighted by atomic mass is 15.0. The number of allylic oxidation sites excluding steroid dienone is 1. The third-order valence-electron chi connectivity index (χ3n) is 4.45. The van der Waals surface area contributed by atoms with Crippen LogP contribution in [-0.2, 0) is 6.54 Å². The largest absolute Gasteiger partial charge is 0.327 e. The molecule has 0 radical (unpaired) electrons. The third kappa shape index (κ3) is 2.71. The van der Waals surface area contributed by atoms with Crippen LogP contribution < -0.4 is 0 Å². The predicted molar refractivity (Wildman–Crippen MR) is 102 cm³/mol. The number of aromatic nitrogens is 2. The number of benzene rings is 3. The van der Waals surface area contributed by atoms with Crippen molar-refractivity contribution in [3.05, 3.63) is 84.5 Å². The van der Waals surface area contributed by atoms with Gasteiger partial charge in [-0.2, -0.15) is 0 Å². The van der Waals surface area contributed by atoms with E-state index < -0.39 is 0 Å². The second-order valence-corrected chi connectivity index (χ2v) is 6.09. The zero-order chi connectivity index (χ0) is 16.4. The summed E-state index contributed by atoms with van der Waals surface area (Å²) in [5, 5.41) is 5.18. The van der Waals surface area contributed by atoms with Crippen molar-refractivity contribution < 1.29 is 0 Å². The number of hydrogen-bond donors (Lipinski definition) is 0. The summed E-state index contributed by atoms with van der Waals surface area (Å²) in [4.78, 5) is 4.31. The molecule has 0 atom stereocenters. The second-order valence-electron chi connectivity index (χ2n) is 6.09. The highest BCUT2D eigenvalue weighted by Crippen LogP contribution is 2.26. The van der Waals surface area contributed by atoms with E-state index in [1.165, 1.54) is 27.1 Å². The molecule has 4 aromatic rings. The van der Waals surface area contributed by atoms with Crippen molar-refractivity contribution >= 4 is 27.6 Å². The third-order valence-corrected chi connectivity index (χ3v) is 4.45. The molecule has 118 valence electrons. The average Bonchev–Trinajstić information content (AvgIpc) is 3.05. The van der Waals surface area contributed by atoms with E-state index in [9.17, 15) is 0 Å². The number of rotatable bonds is 4. The van der Waals surface area contributed by atoms with Gasteiger partial charge in [-0.3, -0.25) is 0 Å². The summed E-state index contributed by atoms with van der Waals surface area (Å²) < 4.78 is 2.20. The Morgan fingerprint density at radius 2 is 1.75 bits per heavy atom. The van der Waals surface area contributed by atoms with Crippen molar-refractivity contribution in [2.75, 3.05) is 0 Å². The summed E-state index contributed by atoms with van der Waals surface area (Å²) >= 11 is 0. The molecule has 0 amide bonds. The first-order valence-corrected chi connectivity index (χ1v) is 8.42. The molecule has 3 aromatic carbocycles. The number of hydrogen-bond acceptors (Lipinski definition) is 1. The SMILES string of the molecule is CCC=Cc1cncn1Cc1cccc2cc3ccccc3cc12. The summed E-state index contributed by atoms with van der Waals surface area (Å²) in [7, 11) is 0. The van der Waals surface area contributed by atoms with E-state index in [2.05, 4.69) is 83.2 Å². The molecule has 2 heteroatoms. The molecular formula is C22H20N2. The van der Waals surface area contributed by atoms with E-state index in [-0.39, 0.29) is 0 Å². The standard InChI is InChI=1S/C22H20N2/c1-2-3-11-21-14-23-16-24(21)15-20-10-6-9-19-12-17-7-4-5-8-18(17)13-22(19)20/h3-14,16H,2,15H2,1H3. The smallest absolute Gasteiger partial charge is 0.0953 e. The van der Waals surface area contributed by atoms with Gasteiger partial charge in [0.2, 0.25) is 0 Å².